The van der Waals surface area contributed by atoms with Gasteiger partial charge in [-0.25, -0.2) is 0 Å². The first-order valence-electron chi connectivity index (χ1n) is 12.3. The van der Waals surface area contributed by atoms with Crippen molar-refractivity contribution in [2.75, 3.05) is 26.7 Å². The SMILES string of the molecule is CN(CCO)C(=O)[C@H]1Cc2cc(ccc2O)-c2ccc(O)c(c2)C[C@@H](N)C(=O)N[C@H](C[C@@H](O)CN)C(=O)N1. The number of fused-ring (bicyclic) bond motifs is 5. The maximum absolute atomic E-state index is 13.3. The highest BCUT2D eigenvalue weighted by Gasteiger charge is 2.32. The number of likely N-dealkylation sites (N-methyl/N-ethyl adjacent to an activating group) is 1. The quantitative estimate of drug-likeness (QED) is 0.214. The van der Waals surface area contributed by atoms with E-state index >= 15 is 0 Å². The van der Waals surface area contributed by atoms with Crippen molar-refractivity contribution >= 4 is 17.7 Å². The van der Waals surface area contributed by atoms with Gasteiger partial charge in [0.1, 0.15) is 23.6 Å². The Kier molecular flexibility index (Phi) is 9.64. The molecule has 1 aliphatic rings. The molecule has 3 amide bonds. The van der Waals surface area contributed by atoms with Crippen molar-refractivity contribution in [3.63, 3.8) is 0 Å². The zero-order chi connectivity index (χ0) is 28.0. The summed E-state index contributed by atoms with van der Waals surface area (Å²) in [4.78, 5) is 40.7. The van der Waals surface area contributed by atoms with Crippen molar-refractivity contribution in [3.05, 3.63) is 47.5 Å². The standard InChI is InChI=1S/C26H35N5O7/c1-31(6-7-32)26(38)21-11-17-9-15(3-5-23(17)35)14-2-4-22(34)16(8-14)10-19(28)24(36)29-20(25(37)30-21)12-18(33)13-27/h2-5,8-9,18-21,32-35H,6-7,10-13,27-28H2,1H3,(H,29,36)(H,30,37)/t18-,19-,20-,21-/m1/s1. The third kappa shape index (κ3) is 6.98. The van der Waals surface area contributed by atoms with Gasteiger partial charge in [0.15, 0.2) is 0 Å². The number of aromatic hydroxyl groups is 2. The van der Waals surface area contributed by atoms with E-state index in [1.165, 1.54) is 24.1 Å². The van der Waals surface area contributed by atoms with Gasteiger partial charge < -0.3 is 47.4 Å². The largest absolute Gasteiger partial charge is 0.508 e. The topological polar surface area (TPSA) is 211 Å². The van der Waals surface area contributed by atoms with E-state index in [2.05, 4.69) is 10.6 Å². The average molecular weight is 530 g/mol. The maximum Gasteiger partial charge on any atom is 0.245 e. The predicted octanol–water partition coefficient (Wildman–Crippen LogP) is -1.68. The first-order valence-corrected chi connectivity index (χ1v) is 12.3. The number of benzene rings is 2. The first kappa shape index (κ1) is 28.9. The van der Waals surface area contributed by atoms with Crippen LogP contribution < -0.4 is 22.1 Å². The third-order valence-electron chi connectivity index (χ3n) is 6.53. The summed E-state index contributed by atoms with van der Waals surface area (Å²) in [7, 11) is 1.46. The number of amides is 3. The average Bonchev–Trinajstić information content (AvgIpc) is 2.89. The van der Waals surface area contributed by atoms with E-state index < -0.39 is 42.0 Å². The van der Waals surface area contributed by atoms with Crippen molar-refractivity contribution in [1.29, 1.82) is 0 Å². The lowest BCUT2D eigenvalue weighted by atomic mass is 9.95. The number of aliphatic hydroxyl groups excluding tert-OH is 2. The molecule has 2 aromatic carbocycles. The monoisotopic (exact) mass is 529 g/mol. The summed E-state index contributed by atoms with van der Waals surface area (Å²) in [6.07, 6.45) is -1.52. The van der Waals surface area contributed by atoms with Gasteiger partial charge in [0.05, 0.1) is 18.8 Å². The number of hydrogen-bond acceptors (Lipinski definition) is 9. The minimum atomic E-state index is -1.28. The van der Waals surface area contributed by atoms with E-state index in [-0.39, 0.29) is 50.5 Å². The highest BCUT2D eigenvalue weighted by Crippen LogP contribution is 2.31. The number of nitrogens with zero attached hydrogens (tertiary/aromatic N) is 1. The fourth-order valence-electron chi connectivity index (χ4n) is 4.28. The molecule has 0 fully saturated rings. The van der Waals surface area contributed by atoms with E-state index in [9.17, 15) is 34.8 Å². The third-order valence-corrected chi connectivity index (χ3v) is 6.53. The summed E-state index contributed by atoms with van der Waals surface area (Å²) < 4.78 is 0. The molecule has 12 nitrogen and oxygen atoms in total. The van der Waals surface area contributed by atoms with Crippen molar-refractivity contribution in [1.82, 2.24) is 15.5 Å². The molecule has 4 atom stereocenters. The normalized spacial score (nSPS) is 20.9. The molecule has 0 unspecified atom stereocenters. The molecule has 12 heteroatoms. The molecule has 38 heavy (non-hydrogen) atoms. The zero-order valence-electron chi connectivity index (χ0n) is 21.1. The number of phenols is 2. The van der Waals surface area contributed by atoms with E-state index in [0.717, 1.165) is 0 Å². The first-order chi connectivity index (χ1) is 18.0. The molecule has 0 saturated carbocycles. The van der Waals surface area contributed by atoms with Gasteiger partial charge in [-0.15, -0.1) is 0 Å². The van der Waals surface area contributed by atoms with Crippen LogP contribution in [0, 0.1) is 0 Å². The van der Waals surface area contributed by atoms with Crippen molar-refractivity contribution in [2.24, 2.45) is 11.5 Å². The Morgan fingerprint density at radius 2 is 1.61 bits per heavy atom. The van der Waals surface area contributed by atoms with Crippen LogP contribution in [0.2, 0.25) is 0 Å². The smallest absolute Gasteiger partial charge is 0.245 e. The van der Waals surface area contributed by atoms with Gasteiger partial charge in [-0.2, -0.15) is 0 Å². The number of phenolic OH excluding ortho intramolecular Hbond substituents is 2. The molecule has 0 spiro atoms. The zero-order valence-corrected chi connectivity index (χ0v) is 21.1. The number of hydrogen-bond donors (Lipinski definition) is 8. The minimum absolute atomic E-state index is 0.00835. The molecule has 1 aliphatic heterocycles. The Labute approximate surface area is 220 Å². The van der Waals surface area contributed by atoms with Crippen molar-refractivity contribution < 1.29 is 34.8 Å². The Balaban J connectivity index is 2.12. The summed E-state index contributed by atoms with van der Waals surface area (Å²) >= 11 is 0. The van der Waals surface area contributed by atoms with Gasteiger partial charge >= 0.3 is 0 Å². The number of nitrogens with one attached hydrogen (secondary N) is 2. The summed E-state index contributed by atoms with van der Waals surface area (Å²) in [5.74, 6) is -2.16. The van der Waals surface area contributed by atoms with Crippen LogP contribution in [-0.4, -0.2) is 94.0 Å². The second-order valence-electron chi connectivity index (χ2n) is 9.43. The number of rotatable bonds is 6. The molecule has 0 saturated heterocycles. The molecule has 1 heterocycles. The van der Waals surface area contributed by atoms with E-state index in [1.54, 1.807) is 24.3 Å². The van der Waals surface area contributed by atoms with Gasteiger partial charge in [-0.1, -0.05) is 12.1 Å². The van der Waals surface area contributed by atoms with Crippen LogP contribution in [0.1, 0.15) is 17.5 Å². The second kappa shape index (κ2) is 12.7. The molecule has 0 aliphatic carbocycles. The molecular formula is C26H35N5O7. The molecule has 10 N–H and O–H groups in total. The maximum atomic E-state index is 13.3. The predicted molar refractivity (Wildman–Crippen MR) is 139 cm³/mol. The van der Waals surface area contributed by atoms with Crippen molar-refractivity contribution in [2.45, 2.75) is 43.5 Å². The molecular weight excluding hydrogens is 494 g/mol. The van der Waals surface area contributed by atoms with Crippen LogP contribution in [-0.2, 0) is 27.2 Å². The lowest BCUT2D eigenvalue weighted by molar-refractivity contribution is -0.137. The highest BCUT2D eigenvalue weighted by molar-refractivity contribution is 5.93. The van der Waals surface area contributed by atoms with Crippen LogP contribution in [0.3, 0.4) is 0 Å². The number of aliphatic hydroxyl groups is 2. The fraction of sp³-hybridized carbons (Fsp3) is 0.423. The van der Waals surface area contributed by atoms with Crippen LogP contribution >= 0.6 is 0 Å². The molecule has 2 aromatic rings. The van der Waals surface area contributed by atoms with Crippen LogP contribution in [0.15, 0.2) is 36.4 Å². The van der Waals surface area contributed by atoms with Gasteiger partial charge in [0.2, 0.25) is 17.7 Å². The summed E-state index contributed by atoms with van der Waals surface area (Å²) in [5, 5.41) is 45.5. The van der Waals surface area contributed by atoms with E-state index in [0.29, 0.717) is 22.3 Å². The van der Waals surface area contributed by atoms with E-state index in [1.807, 2.05) is 0 Å². The Bertz CT molecular complexity index is 1170. The van der Waals surface area contributed by atoms with Gasteiger partial charge in [-0.05, 0) is 46.5 Å². The molecule has 0 radical (unpaired) electrons. The van der Waals surface area contributed by atoms with Crippen LogP contribution in [0.5, 0.6) is 11.5 Å². The van der Waals surface area contributed by atoms with Crippen LogP contribution in [0.4, 0.5) is 0 Å². The van der Waals surface area contributed by atoms with Gasteiger partial charge in [0.25, 0.3) is 0 Å². The molecule has 0 aromatic heterocycles. The second-order valence-corrected chi connectivity index (χ2v) is 9.43. The fourth-order valence-corrected chi connectivity index (χ4v) is 4.28. The molecule has 3 rings (SSSR count). The summed E-state index contributed by atoms with van der Waals surface area (Å²) in [6, 6.07) is 6.01. The Morgan fingerprint density at radius 3 is 2.16 bits per heavy atom. The Morgan fingerprint density at radius 1 is 1.03 bits per heavy atom. The minimum Gasteiger partial charge on any atom is -0.508 e. The Hall–Kier alpha value is -3.71. The lowest BCUT2D eigenvalue weighted by Crippen LogP contribution is -2.57. The van der Waals surface area contributed by atoms with Gasteiger partial charge in [0, 0.05) is 39.4 Å². The number of nitrogens with two attached hydrogens (primary N) is 2. The van der Waals surface area contributed by atoms with Crippen LogP contribution in [0.25, 0.3) is 11.1 Å². The van der Waals surface area contributed by atoms with Gasteiger partial charge in [-0.3, -0.25) is 14.4 Å². The summed E-state index contributed by atoms with van der Waals surface area (Å²) in [6.45, 7) is -0.463. The molecule has 206 valence electrons. The van der Waals surface area contributed by atoms with Crippen molar-refractivity contribution in [3.8, 4) is 22.6 Å². The molecule has 4 bridgehead atoms. The van der Waals surface area contributed by atoms with E-state index in [4.69, 9.17) is 11.5 Å². The number of carbonyl (C=O) groups is 3. The highest BCUT2D eigenvalue weighted by atomic mass is 16.3. The number of carbonyl (C=O) groups excluding carboxylic acids is 3. The lowest BCUT2D eigenvalue weighted by Gasteiger charge is -2.28. The summed E-state index contributed by atoms with van der Waals surface area (Å²) in [5.41, 5.74) is 13.7.